The van der Waals surface area contributed by atoms with Crippen LogP contribution in [0.2, 0.25) is 0 Å². The van der Waals surface area contributed by atoms with Crippen LogP contribution in [0.3, 0.4) is 0 Å². The van der Waals surface area contributed by atoms with Gasteiger partial charge in [-0.25, -0.2) is 4.39 Å². The first-order valence-electron chi connectivity index (χ1n) is 6.71. The molecule has 1 aliphatic carbocycles. The number of amides is 1. The molecule has 1 fully saturated rings. The molecular weight excluding hydrogens is 275 g/mol. The van der Waals surface area contributed by atoms with Crippen molar-refractivity contribution in [3.05, 3.63) is 35.6 Å². The quantitative estimate of drug-likeness (QED) is 0.840. The molecule has 1 unspecified atom stereocenters. The molecule has 0 aromatic heterocycles. The summed E-state index contributed by atoms with van der Waals surface area (Å²) in [4.78, 5) is 12.7. The van der Waals surface area contributed by atoms with Gasteiger partial charge in [0.05, 0.1) is 16.4 Å². The molecule has 0 spiro atoms. The van der Waals surface area contributed by atoms with E-state index in [1.165, 1.54) is 12.1 Å². The molecule has 1 saturated carbocycles. The summed E-state index contributed by atoms with van der Waals surface area (Å²) in [6, 6.07) is 5.89. The van der Waals surface area contributed by atoms with E-state index in [-0.39, 0.29) is 22.8 Å². The van der Waals surface area contributed by atoms with Crippen LogP contribution in [-0.2, 0) is 4.79 Å². The monoisotopic (exact) mass is 294 g/mol. The molecule has 1 aromatic rings. The number of rotatable bonds is 4. The van der Waals surface area contributed by atoms with Gasteiger partial charge in [-0.2, -0.15) is 0 Å². The van der Waals surface area contributed by atoms with Crippen molar-refractivity contribution in [2.24, 2.45) is 17.1 Å². The number of benzene rings is 1. The van der Waals surface area contributed by atoms with E-state index in [0.29, 0.717) is 18.8 Å². The first-order valence-corrected chi connectivity index (χ1v) is 7.12. The second-order valence-electron chi connectivity index (χ2n) is 5.71. The number of hydrogen-bond acceptors (Lipinski definition) is 2. The minimum Gasteiger partial charge on any atom is -0.392 e. The highest BCUT2D eigenvalue weighted by Crippen LogP contribution is 2.46. The normalized spacial score (nSPS) is 26.4. The van der Waals surface area contributed by atoms with E-state index in [9.17, 15) is 9.18 Å². The molecule has 1 amide bonds. The first-order chi connectivity index (χ1) is 9.35. The molecule has 0 aliphatic heterocycles. The van der Waals surface area contributed by atoms with Crippen molar-refractivity contribution in [1.29, 1.82) is 0 Å². The molecule has 3 nitrogen and oxygen atoms in total. The van der Waals surface area contributed by atoms with Gasteiger partial charge in [-0.1, -0.05) is 31.3 Å². The van der Waals surface area contributed by atoms with Crippen molar-refractivity contribution >= 4 is 23.1 Å². The molecule has 0 heterocycles. The van der Waals surface area contributed by atoms with E-state index in [2.05, 4.69) is 12.2 Å². The summed E-state index contributed by atoms with van der Waals surface area (Å²) in [5.41, 5.74) is 5.90. The van der Waals surface area contributed by atoms with Gasteiger partial charge >= 0.3 is 0 Å². The predicted octanol–water partition coefficient (Wildman–Crippen LogP) is 2.71. The van der Waals surface area contributed by atoms with E-state index >= 15 is 0 Å². The summed E-state index contributed by atoms with van der Waals surface area (Å²) in [6.45, 7) is 3.94. The summed E-state index contributed by atoms with van der Waals surface area (Å²) in [5.74, 6) is 0.0444. The van der Waals surface area contributed by atoms with Crippen LogP contribution in [0.1, 0.15) is 38.3 Å². The van der Waals surface area contributed by atoms with Gasteiger partial charge in [-0.15, -0.1) is 0 Å². The fraction of sp³-hybridized carbons (Fsp3) is 0.467. The molecule has 1 aromatic carbocycles. The molecule has 1 atom stereocenters. The Labute approximate surface area is 123 Å². The van der Waals surface area contributed by atoms with E-state index < -0.39 is 5.41 Å². The number of hydrogen-bond donors (Lipinski definition) is 2. The summed E-state index contributed by atoms with van der Waals surface area (Å²) >= 11 is 5.06. The standard InChI is InChI=1S/C15H19FN2OS/c1-9-7-15(8-9,13(17)20)14(19)18-10(2)11-3-5-12(16)6-4-11/h3-6,9-10H,7-8H2,1-2H3,(H2,17,20)(H,18,19). The highest BCUT2D eigenvalue weighted by Gasteiger charge is 2.51. The number of nitrogens with two attached hydrogens (primary N) is 1. The second kappa shape index (κ2) is 5.48. The average molecular weight is 294 g/mol. The lowest BCUT2D eigenvalue weighted by Crippen LogP contribution is -2.56. The Morgan fingerprint density at radius 2 is 2.00 bits per heavy atom. The largest absolute Gasteiger partial charge is 0.392 e. The number of carbonyl (C=O) groups is 1. The highest BCUT2D eigenvalue weighted by molar-refractivity contribution is 7.80. The SMILES string of the molecule is CC1CC(C(=O)NC(C)c2ccc(F)cc2)(C(N)=S)C1. The molecule has 0 saturated heterocycles. The summed E-state index contributed by atoms with van der Waals surface area (Å²) in [7, 11) is 0. The van der Waals surface area contributed by atoms with E-state index in [0.717, 1.165) is 5.56 Å². The van der Waals surface area contributed by atoms with Crippen LogP contribution in [0, 0.1) is 17.2 Å². The van der Waals surface area contributed by atoms with Crippen molar-refractivity contribution in [3.63, 3.8) is 0 Å². The topological polar surface area (TPSA) is 55.1 Å². The van der Waals surface area contributed by atoms with Crippen molar-refractivity contribution in [1.82, 2.24) is 5.32 Å². The summed E-state index contributed by atoms with van der Waals surface area (Å²) in [6.07, 6.45) is 1.40. The maximum Gasteiger partial charge on any atom is 0.233 e. The number of halogens is 1. The highest BCUT2D eigenvalue weighted by atomic mass is 32.1. The lowest BCUT2D eigenvalue weighted by molar-refractivity contribution is -0.133. The Morgan fingerprint density at radius 1 is 1.45 bits per heavy atom. The van der Waals surface area contributed by atoms with Crippen molar-refractivity contribution < 1.29 is 9.18 Å². The zero-order chi connectivity index (χ0) is 14.9. The van der Waals surface area contributed by atoms with Gasteiger partial charge < -0.3 is 11.1 Å². The number of nitrogens with one attached hydrogen (secondary N) is 1. The predicted molar refractivity (Wildman–Crippen MR) is 80.6 cm³/mol. The molecule has 5 heteroatoms. The maximum absolute atomic E-state index is 12.9. The third-order valence-corrected chi connectivity index (χ3v) is 4.41. The van der Waals surface area contributed by atoms with E-state index in [1.54, 1.807) is 12.1 Å². The van der Waals surface area contributed by atoms with Crippen LogP contribution >= 0.6 is 12.2 Å². The van der Waals surface area contributed by atoms with Crippen molar-refractivity contribution in [2.75, 3.05) is 0 Å². The second-order valence-corrected chi connectivity index (χ2v) is 6.15. The van der Waals surface area contributed by atoms with E-state index in [1.807, 2.05) is 6.92 Å². The molecule has 108 valence electrons. The molecule has 2 rings (SSSR count). The van der Waals surface area contributed by atoms with Gasteiger partial charge in [-0.3, -0.25) is 4.79 Å². The Balaban J connectivity index is 2.07. The lowest BCUT2D eigenvalue weighted by atomic mass is 9.62. The van der Waals surface area contributed by atoms with Gasteiger partial charge in [0.1, 0.15) is 5.82 Å². The van der Waals surface area contributed by atoms with Crippen LogP contribution in [0.5, 0.6) is 0 Å². The van der Waals surface area contributed by atoms with Gasteiger partial charge in [0.25, 0.3) is 0 Å². The molecule has 3 N–H and O–H groups in total. The number of thiocarbonyl (C=S) groups is 1. The smallest absolute Gasteiger partial charge is 0.233 e. The minimum atomic E-state index is -0.705. The third kappa shape index (κ3) is 2.68. The van der Waals surface area contributed by atoms with Gasteiger partial charge in [0.2, 0.25) is 5.91 Å². The van der Waals surface area contributed by atoms with Crippen LogP contribution in [0.4, 0.5) is 4.39 Å². The zero-order valence-corrected chi connectivity index (χ0v) is 12.5. The first kappa shape index (κ1) is 14.9. The van der Waals surface area contributed by atoms with Crippen LogP contribution in [0.15, 0.2) is 24.3 Å². The summed E-state index contributed by atoms with van der Waals surface area (Å²) < 4.78 is 12.9. The van der Waals surface area contributed by atoms with Crippen LogP contribution in [0.25, 0.3) is 0 Å². The van der Waals surface area contributed by atoms with Gasteiger partial charge in [0, 0.05) is 0 Å². The average Bonchev–Trinajstić information content (AvgIpc) is 2.34. The molecule has 0 radical (unpaired) electrons. The van der Waals surface area contributed by atoms with E-state index in [4.69, 9.17) is 18.0 Å². The molecule has 1 aliphatic rings. The maximum atomic E-state index is 12.9. The molecular formula is C15H19FN2OS. The summed E-state index contributed by atoms with van der Waals surface area (Å²) in [5, 5.41) is 2.93. The Hall–Kier alpha value is -1.49. The fourth-order valence-electron chi connectivity index (χ4n) is 2.80. The molecule has 20 heavy (non-hydrogen) atoms. The third-order valence-electron chi connectivity index (χ3n) is 4.02. The lowest BCUT2D eigenvalue weighted by Gasteiger charge is -2.44. The fourth-order valence-corrected chi connectivity index (χ4v) is 3.06. The van der Waals surface area contributed by atoms with Crippen molar-refractivity contribution in [2.45, 2.75) is 32.7 Å². The Morgan fingerprint density at radius 3 is 2.45 bits per heavy atom. The molecule has 0 bridgehead atoms. The van der Waals surface area contributed by atoms with Crippen LogP contribution in [-0.4, -0.2) is 10.9 Å². The van der Waals surface area contributed by atoms with Gasteiger partial charge in [-0.05, 0) is 43.4 Å². The van der Waals surface area contributed by atoms with Crippen LogP contribution < -0.4 is 11.1 Å². The zero-order valence-electron chi connectivity index (χ0n) is 11.7. The Bertz CT molecular complexity index is 523. The Kier molecular flexibility index (Phi) is 4.09. The number of carbonyl (C=O) groups excluding carboxylic acids is 1. The van der Waals surface area contributed by atoms with Gasteiger partial charge in [0.15, 0.2) is 0 Å². The minimum absolute atomic E-state index is 0.125. The van der Waals surface area contributed by atoms with Crippen molar-refractivity contribution in [3.8, 4) is 0 Å².